The quantitative estimate of drug-likeness (QED) is 0.357. The number of fused-ring (bicyclic) bond motifs is 1. The molecule has 1 aromatic carbocycles. The van der Waals surface area contributed by atoms with E-state index in [0.29, 0.717) is 22.9 Å². The maximum Gasteiger partial charge on any atom is 0.295 e. The Labute approximate surface area is 193 Å². The van der Waals surface area contributed by atoms with Crippen molar-refractivity contribution in [1.82, 2.24) is 19.9 Å². The third-order valence-corrected chi connectivity index (χ3v) is 6.00. The zero-order valence-electron chi connectivity index (χ0n) is 17.9. The van der Waals surface area contributed by atoms with Crippen LogP contribution in [0.5, 0.6) is 0 Å². The van der Waals surface area contributed by atoms with Gasteiger partial charge in [0.15, 0.2) is 11.5 Å². The van der Waals surface area contributed by atoms with E-state index in [-0.39, 0.29) is 22.7 Å². The number of aromatic nitrogens is 4. The fourth-order valence-electron chi connectivity index (χ4n) is 3.15. The largest absolute Gasteiger partial charge is 0.352 e. The molecule has 3 aromatic heterocycles. The lowest BCUT2D eigenvalue weighted by Crippen LogP contribution is -2.25. The van der Waals surface area contributed by atoms with E-state index in [9.17, 15) is 17.2 Å². The topological polar surface area (TPSA) is 140 Å². The first kappa shape index (κ1) is 22.9. The number of pyridine rings is 2. The molecule has 13 heteroatoms. The van der Waals surface area contributed by atoms with Crippen molar-refractivity contribution in [2.75, 3.05) is 28.2 Å². The van der Waals surface area contributed by atoms with Crippen LogP contribution in [0.1, 0.15) is 17.9 Å². The fraction of sp³-hybridized carbons (Fsp3) is 0.143. The summed E-state index contributed by atoms with van der Waals surface area (Å²) in [7, 11) is -2.16. The first-order chi connectivity index (χ1) is 16.2. The zero-order valence-corrected chi connectivity index (χ0v) is 18.7. The van der Waals surface area contributed by atoms with Crippen molar-refractivity contribution in [3.63, 3.8) is 0 Å². The Bertz CT molecular complexity index is 1510. The van der Waals surface area contributed by atoms with Gasteiger partial charge in [0.25, 0.3) is 6.43 Å². The van der Waals surface area contributed by atoms with Crippen molar-refractivity contribution >= 4 is 49.9 Å². The average Bonchev–Trinajstić information content (AvgIpc) is 3.23. The summed E-state index contributed by atoms with van der Waals surface area (Å²) < 4.78 is 51.9. The summed E-state index contributed by atoms with van der Waals surface area (Å²) in [6.45, 7) is 0. The second-order valence-electron chi connectivity index (χ2n) is 7.19. The Hall–Kier alpha value is -4.31. The first-order valence-electron chi connectivity index (χ1n) is 9.78. The number of nitrogens with zero attached hydrogens (tertiary/aromatic N) is 5. The minimum absolute atomic E-state index is 0.0770. The molecule has 174 valence electrons. The number of nitrogens with one attached hydrogen (secondary N) is 3. The molecule has 0 saturated heterocycles. The van der Waals surface area contributed by atoms with Crippen LogP contribution in [-0.4, -0.2) is 41.7 Å². The zero-order chi connectivity index (χ0) is 24.5. The molecule has 0 amide bonds. The van der Waals surface area contributed by atoms with Gasteiger partial charge in [-0.05, 0) is 24.3 Å². The van der Waals surface area contributed by atoms with Gasteiger partial charge < -0.3 is 15.6 Å². The molecule has 0 atom stereocenters. The number of para-hydroxylation sites is 2. The van der Waals surface area contributed by atoms with Crippen molar-refractivity contribution in [2.24, 2.45) is 0 Å². The first-order valence-corrected chi connectivity index (χ1v) is 11.6. The van der Waals surface area contributed by atoms with Gasteiger partial charge in [-0.1, -0.05) is 18.2 Å². The lowest BCUT2D eigenvalue weighted by Gasteiger charge is -2.21. The van der Waals surface area contributed by atoms with Gasteiger partial charge in [0.2, 0.25) is 10.0 Å². The van der Waals surface area contributed by atoms with Crippen molar-refractivity contribution in [1.29, 1.82) is 5.26 Å². The predicted molar refractivity (Wildman–Crippen MR) is 124 cm³/mol. The number of aromatic amines is 1. The number of benzene rings is 1. The summed E-state index contributed by atoms with van der Waals surface area (Å²) in [6.07, 6.45) is -1.78. The number of rotatable bonds is 7. The molecule has 4 aromatic rings. The van der Waals surface area contributed by atoms with Crippen LogP contribution in [0.25, 0.3) is 11.2 Å². The number of hydrogen-bond acceptors (Lipinski definition) is 8. The van der Waals surface area contributed by atoms with Gasteiger partial charge in [-0.15, -0.1) is 0 Å². The van der Waals surface area contributed by atoms with Gasteiger partial charge in [0.1, 0.15) is 28.9 Å². The average molecular weight is 484 g/mol. The molecule has 0 unspecified atom stereocenters. The molecule has 34 heavy (non-hydrogen) atoms. The Balaban J connectivity index is 1.81. The second-order valence-corrected chi connectivity index (χ2v) is 9.21. The van der Waals surface area contributed by atoms with Crippen molar-refractivity contribution in [3.8, 4) is 6.07 Å². The van der Waals surface area contributed by atoms with Gasteiger partial charge in [0.05, 0.1) is 23.3 Å². The van der Waals surface area contributed by atoms with Crippen LogP contribution in [0.4, 0.5) is 37.5 Å². The molecule has 0 saturated carbocycles. The highest BCUT2D eigenvalue weighted by Gasteiger charge is 2.20. The maximum absolute atomic E-state index is 13.3. The molecule has 3 N–H and O–H groups in total. The van der Waals surface area contributed by atoms with E-state index >= 15 is 0 Å². The van der Waals surface area contributed by atoms with E-state index in [1.54, 1.807) is 36.4 Å². The molecule has 0 bridgehead atoms. The molecule has 10 nitrogen and oxygen atoms in total. The Morgan fingerprint density at radius 2 is 1.79 bits per heavy atom. The number of anilines is 5. The Kier molecular flexibility index (Phi) is 5.99. The molecular formula is C21H18F2N8O2S. The van der Waals surface area contributed by atoms with Gasteiger partial charge in [-0.3, -0.25) is 4.31 Å². The van der Waals surface area contributed by atoms with Crippen LogP contribution in [0, 0.1) is 11.3 Å². The highest BCUT2D eigenvalue weighted by molar-refractivity contribution is 7.92. The fourth-order valence-corrected chi connectivity index (χ4v) is 3.66. The molecule has 0 fully saturated rings. The summed E-state index contributed by atoms with van der Waals surface area (Å²) in [5.74, 6) is -0.00694. The Morgan fingerprint density at radius 3 is 2.50 bits per heavy atom. The van der Waals surface area contributed by atoms with E-state index in [1.165, 1.54) is 19.2 Å². The van der Waals surface area contributed by atoms with E-state index < -0.39 is 22.3 Å². The minimum atomic E-state index is -3.56. The molecule has 0 aliphatic carbocycles. The van der Waals surface area contributed by atoms with Crippen LogP contribution >= 0.6 is 0 Å². The maximum atomic E-state index is 13.3. The normalized spacial score (nSPS) is 11.4. The number of sulfonamides is 1. The van der Waals surface area contributed by atoms with Crippen LogP contribution in [0.15, 0.2) is 48.5 Å². The highest BCUT2D eigenvalue weighted by Crippen LogP contribution is 2.34. The van der Waals surface area contributed by atoms with Gasteiger partial charge in [0, 0.05) is 13.1 Å². The summed E-state index contributed by atoms with van der Waals surface area (Å²) in [4.78, 5) is 14.9. The van der Waals surface area contributed by atoms with Gasteiger partial charge in [-0.2, -0.15) is 5.26 Å². The predicted octanol–water partition coefficient (Wildman–Crippen LogP) is 4.05. The summed E-state index contributed by atoms with van der Waals surface area (Å²) >= 11 is 0. The lowest BCUT2D eigenvalue weighted by atomic mass is 10.2. The van der Waals surface area contributed by atoms with Crippen LogP contribution in [-0.2, 0) is 10.0 Å². The van der Waals surface area contributed by atoms with E-state index in [4.69, 9.17) is 5.26 Å². The molecule has 0 aliphatic rings. The van der Waals surface area contributed by atoms with E-state index in [1.807, 2.05) is 6.07 Å². The van der Waals surface area contributed by atoms with Crippen molar-refractivity contribution in [2.45, 2.75) is 6.43 Å². The smallest absolute Gasteiger partial charge is 0.295 e. The second kappa shape index (κ2) is 8.91. The molecule has 4 rings (SSSR count). The molecule has 0 radical (unpaired) electrons. The highest BCUT2D eigenvalue weighted by atomic mass is 32.2. The number of alkyl halides is 2. The number of H-pyrrole nitrogens is 1. The number of imidazole rings is 1. The van der Waals surface area contributed by atoms with Crippen molar-refractivity contribution < 1.29 is 17.2 Å². The van der Waals surface area contributed by atoms with Crippen LogP contribution in [0.2, 0.25) is 0 Å². The Morgan fingerprint density at radius 1 is 1.03 bits per heavy atom. The third kappa shape index (κ3) is 4.71. The monoisotopic (exact) mass is 484 g/mol. The van der Waals surface area contributed by atoms with Crippen LogP contribution in [0.3, 0.4) is 0 Å². The van der Waals surface area contributed by atoms with Crippen LogP contribution < -0.4 is 14.9 Å². The lowest BCUT2D eigenvalue weighted by molar-refractivity contribution is 0.142. The summed E-state index contributed by atoms with van der Waals surface area (Å²) in [5, 5.41) is 15.1. The minimum Gasteiger partial charge on any atom is -0.352 e. The SMILES string of the molecule is CN(c1ccccc1Nc1cc(Nc2cccc(C#N)n2)nc2[nH]c(C(F)F)nc12)S(C)(=O)=O. The molecule has 0 aliphatic heterocycles. The number of nitriles is 1. The molecule has 3 heterocycles. The van der Waals surface area contributed by atoms with Crippen molar-refractivity contribution in [3.05, 3.63) is 60.0 Å². The number of halogens is 2. The van der Waals surface area contributed by atoms with E-state index in [2.05, 4.69) is 30.6 Å². The molecule has 0 spiro atoms. The van der Waals surface area contributed by atoms with E-state index in [0.717, 1.165) is 10.6 Å². The molecular weight excluding hydrogens is 466 g/mol. The summed E-state index contributed by atoms with van der Waals surface area (Å²) in [5.41, 5.74) is 1.44. The van der Waals surface area contributed by atoms with Gasteiger partial charge in [-0.25, -0.2) is 32.2 Å². The third-order valence-electron chi connectivity index (χ3n) is 4.81. The number of hydrogen-bond donors (Lipinski definition) is 3. The summed E-state index contributed by atoms with van der Waals surface area (Å²) in [6, 6.07) is 14.9. The standard InChI is InChI=1S/C21H18F2N8O2S/c1-31(34(2,32)33)15-8-4-3-7-13(15)26-14-10-17(27-16-9-5-6-12(11-24)25-16)28-20-18(14)29-21(30-20)19(22)23/h3-10,19H,1-2H3,(H3,25,26,27,28,29,30). The van der Waals surface area contributed by atoms with Gasteiger partial charge >= 0.3 is 0 Å².